The number of benzene rings is 3. The number of nitrogens with one attached hydrogen (secondary N) is 2. The van der Waals surface area contributed by atoms with E-state index in [1.165, 1.54) is 6.07 Å². The molecule has 39 heavy (non-hydrogen) atoms. The molecule has 202 valence electrons. The molecular weight excluding hydrogens is 496 g/mol. The summed E-state index contributed by atoms with van der Waals surface area (Å²) in [4.78, 5) is 35.5. The van der Waals surface area contributed by atoms with E-state index in [-0.39, 0.29) is 41.6 Å². The number of hydrogen-bond acceptors (Lipinski definition) is 5. The molecular formula is C31H32N2O6. The van der Waals surface area contributed by atoms with Gasteiger partial charge in [0.15, 0.2) is 0 Å². The van der Waals surface area contributed by atoms with Crippen LogP contribution in [0.25, 0.3) is 0 Å². The van der Waals surface area contributed by atoms with Gasteiger partial charge in [0.1, 0.15) is 17.2 Å². The normalized spacial score (nSPS) is 16.8. The highest BCUT2D eigenvalue weighted by atomic mass is 16.5. The summed E-state index contributed by atoms with van der Waals surface area (Å²) in [6.45, 7) is 1.83. The number of amides is 2. The number of para-hydroxylation sites is 1. The predicted octanol–water partition coefficient (Wildman–Crippen LogP) is 5.74. The molecule has 8 nitrogen and oxygen atoms in total. The van der Waals surface area contributed by atoms with Crippen LogP contribution in [0.2, 0.25) is 0 Å². The Hall–Kier alpha value is -4.59. The lowest BCUT2D eigenvalue weighted by Gasteiger charge is -2.29. The SMILES string of the molecule is CC=CC(=O)NC1CCC(Oc2ccc(Oc3ccc(CC(=O)Nc4ccccc4C(=O)O)cc3)cc2)CC1. The van der Waals surface area contributed by atoms with Crippen molar-refractivity contribution in [1.29, 1.82) is 0 Å². The Morgan fingerprint density at radius 3 is 2.13 bits per heavy atom. The maximum Gasteiger partial charge on any atom is 0.337 e. The quantitative estimate of drug-likeness (QED) is 0.289. The first-order valence-electron chi connectivity index (χ1n) is 13.0. The van der Waals surface area contributed by atoms with Crippen molar-refractivity contribution >= 4 is 23.5 Å². The molecule has 0 spiro atoms. The van der Waals surface area contributed by atoms with Gasteiger partial charge in [-0.1, -0.05) is 30.3 Å². The number of carbonyl (C=O) groups is 3. The van der Waals surface area contributed by atoms with E-state index in [0.717, 1.165) is 37.0 Å². The molecule has 0 heterocycles. The van der Waals surface area contributed by atoms with Crippen molar-refractivity contribution in [2.24, 2.45) is 0 Å². The van der Waals surface area contributed by atoms with E-state index >= 15 is 0 Å². The molecule has 1 saturated carbocycles. The Bertz CT molecular complexity index is 1310. The molecule has 3 aromatic rings. The zero-order chi connectivity index (χ0) is 27.6. The third-order valence-corrected chi connectivity index (χ3v) is 6.42. The van der Waals surface area contributed by atoms with Crippen LogP contribution in [-0.4, -0.2) is 35.0 Å². The molecule has 1 aliphatic carbocycles. The first kappa shape index (κ1) is 27.4. The zero-order valence-corrected chi connectivity index (χ0v) is 21.8. The Kier molecular flexibility index (Phi) is 9.34. The average Bonchev–Trinajstić information content (AvgIpc) is 2.92. The first-order chi connectivity index (χ1) is 18.9. The molecule has 0 saturated heterocycles. The second-order valence-corrected chi connectivity index (χ2v) is 9.39. The molecule has 0 aliphatic heterocycles. The van der Waals surface area contributed by atoms with Crippen LogP contribution in [0.15, 0.2) is 84.9 Å². The summed E-state index contributed by atoms with van der Waals surface area (Å²) < 4.78 is 12.0. The van der Waals surface area contributed by atoms with Crippen LogP contribution in [0.5, 0.6) is 17.2 Å². The minimum atomic E-state index is -1.10. The van der Waals surface area contributed by atoms with Crippen molar-refractivity contribution < 1.29 is 29.0 Å². The Balaban J connectivity index is 1.23. The number of carboxylic acids is 1. The summed E-state index contributed by atoms with van der Waals surface area (Å²) in [6.07, 6.45) is 7.06. The molecule has 0 bridgehead atoms. The van der Waals surface area contributed by atoms with Crippen LogP contribution in [0.4, 0.5) is 5.69 Å². The lowest BCUT2D eigenvalue weighted by molar-refractivity contribution is -0.117. The molecule has 8 heteroatoms. The highest BCUT2D eigenvalue weighted by molar-refractivity contribution is 6.01. The van der Waals surface area contributed by atoms with Gasteiger partial charge in [-0.05, 0) is 92.8 Å². The standard InChI is InChI=1S/C31H32N2O6/c1-2-5-29(34)32-22-10-14-24(15-11-22)39-26-18-16-25(17-19-26)38-23-12-8-21(9-13-23)20-30(35)33-28-7-4-3-6-27(28)31(36)37/h2-9,12-13,16-19,22,24H,10-11,14-15,20H2,1H3,(H,32,34)(H,33,35)(H,36,37). The molecule has 4 rings (SSSR count). The number of anilines is 1. The minimum absolute atomic E-state index is 0.0447. The number of allylic oxidation sites excluding steroid dienone is 1. The van der Waals surface area contributed by atoms with E-state index < -0.39 is 5.97 Å². The van der Waals surface area contributed by atoms with Gasteiger partial charge in [0.25, 0.3) is 0 Å². The van der Waals surface area contributed by atoms with Crippen LogP contribution in [0.1, 0.15) is 48.5 Å². The number of ether oxygens (including phenoxy) is 2. The molecule has 3 N–H and O–H groups in total. The number of hydrogen-bond donors (Lipinski definition) is 3. The molecule has 1 aliphatic rings. The van der Waals surface area contributed by atoms with Gasteiger partial charge >= 0.3 is 5.97 Å². The maximum atomic E-state index is 12.4. The Morgan fingerprint density at radius 2 is 1.49 bits per heavy atom. The highest BCUT2D eigenvalue weighted by Gasteiger charge is 2.23. The first-order valence-corrected chi connectivity index (χ1v) is 13.0. The lowest BCUT2D eigenvalue weighted by atomic mass is 9.93. The molecule has 0 radical (unpaired) electrons. The minimum Gasteiger partial charge on any atom is -0.490 e. The summed E-state index contributed by atoms with van der Waals surface area (Å²) in [6, 6.07) is 21.1. The van der Waals surface area contributed by atoms with Gasteiger partial charge in [0.05, 0.1) is 23.8 Å². The lowest BCUT2D eigenvalue weighted by Crippen LogP contribution is -2.38. The summed E-state index contributed by atoms with van der Waals surface area (Å²) in [7, 11) is 0. The fraction of sp³-hybridized carbons (Fsp3) is 0.258. The third-order valence-electron chi connectivity index (χ3n) is 6.42. The van der Waals surface area contributed by atoms with Gasteiger partial charge in [0.2, 0.25) is 11.8 Å². The van der Waals surface area contributed by atoms with Gasteiger partial charge in [-0.15, -0.1) is 0 Å². The van der Waals surface area contributed by atoms with E-state index in [1.54, 1.807) is 54.6 Å². The summed E-state index contributed by atoms with van der Waals surface area (Å²) >= 11 is 0. The highest BCUT2D eigenvalue weighted by Crippen LogP contribution is 2.28. The van der Waals surface area contributed by atoms with Crippen molar-refractivity contribution in [3.63, 3.8) is 0 Å². The van der Waals surface area contributed by atoms with Crippen LogP contribution in [0.3, 0.4) is 0 Å². The van der Waals surface area contributed by atoms with Gasteiger partial charge in [-0.2, -0.15) is 0 Å². The summed E-state index contributed by atoms with van der Waals surface area (Å²) in [5.74, 6) is 0.614. The van der Waals surface area contributed by atoms with E-state index in [0.29, 0.717) is 11.5 Å². The van der Waals surface area contributed by atoms with Gasteiger partial charge in [0, 0.05) is 6.04 Å². The summed E-state index contributed by atoms with van der Waals surface area (Å²) in [5.41, 5.74) is 1.08. The average molecular weight is 529 g/mol. The third kappa shape index (κ3) is 8.20. The molecule has 0 unspecified atom stereocenters. The molecule has 3 aromatic carbocycles. The smallest absolute Gasteiger partial charge is 0.337 e. The fourth-order valence-corrected chi connectivity index (χ4v) is 4.47. The van der Waals surface area contributed by atoms with Gasteiger partial charge < -0.3 is 25.2 Å². The van der Waals surface area contributed by atoms with Gasteiger partial charge in [-0.3, -0.25) is 9.59 Å². The molecule has 1 fully saturated rings. The topological polar surface area (TPSA) is 114 Å². The second kappa shape index (κ2) is 13.3. The number of carbonyl (C=O) groups excluding carboxylic acids is 2. The number of rotatable bonds is 10. The monoisotopic (exact) mass is 528 g/mol. The molecule has 0 aromatic heterocycles. The van der Waals surface area contributed by atoms with Crippen molar-refractivity contribution in [2.45, 2.75) is 51.2 Å². The van der Waals surface area contributed by atoms with Crippen molar-refractivity contribution in [3.8, 4) is 17.2 Å². The van der Waals surface area contributed by atoms with Crippen LogP contribution in [0, 0.1) is 0 Å². The maximum absolute atomic E-state index is 12.4. The Labute approximate surface area is 227 Å². The number of carboxylic acid groups (broad SMARTS) is 1. The van der Waals surface area contributed by atoms with Crippen molar-refractivity contribution in [2.75, 3.05) is 5.32 Å². The van der Waals surface area contributed by atoms with Crippen molar-refractivity contribution in [1.82, 2.24) is 5.32 Å². The van der Waals surface area contributed by atoms with E-state index in [1.807, 2.05) is 31.2 Å². The Morgan fingerprint density at radius 1 is 0.872 bits per heavy atom. The van der Waals surface area contributed by atoms with Crippen LogP contribution in [-0.2, 0) is 16.0 Å². The van der Waals surface area contributed by atoms with E-state index in [9.17, 15) is 19.5 Å². The fourth-order valence-electron chi connectivity index (χ4n) is 4.47. The zero-order valence-electron chi connectivity index (χ0n) is 21.8. The van der Waals surface area contributed by atoms with Crippen LogP contribution < -0.4 is 20.1 Å². The van der Waals surface area contributed by atoms with Gasteiger partial charge in [-0.25, -0.2) is 4.79 Å². The largest absolute Gasteiger partial charge is 0.490 e. The van der Waals surface area contributed by atoms with E-state index in [4.69, 9.17) is 9.47 Å². The van der Waals surface area contributed by atoms with Crippen LogP contribution >= 0.6 is 0 Å². The molecule has 0 atom stereocenters. The second-order valence-electron chi connectivity index (χ2n) is 9.39. The van der Waals surface area contributed by atoms with E-state index in [2.05, 4.69) is 10.6 Å². The number of aromatic carboxylic acids is 1. The predicted molar refractivity (Wildman–Crippen MR) is 148 cm³/mol. The molecule has 2 amide bonds. The summed E-state index contributed by atoms with van der Waals surface area (Å²) in [5, 5.41) is 15.0. The van der Waals surface area contributed by atoms with Crippen molar-refractivity contribution in [3.05, 3.63) is 96.1 Å².